The summed E-state index contributed by atoms with van der Waals surface area (Å²) in [5.41, 5.74) is 0.0809. The molecular weight excluding hydrogens is 318 g/mol. The highest BCUT2D eigenvalue weighted by atomic mass is 16.5. The number of amides is 1. The Morgan fingerprint density at radius 1 is 1.32 bits per heavy atom. The summed E-state index contributed by atoms with van der Waals surface area (Å²) in [6, 6.07) is 3.94. The predicted octanol–water partition coefficient (Wildman–Crippen LogP) is 2.74. The molecule has 0 bridgehead atoms. The van der Waals surface area contributed by atoms with E-state index in [4.69, 9.17) is 4.52 Å². The van der Waals surface area contributed by atoms with Crippen LogP contribution in [0, 0.1) is 5.92 Å². The van der Waals surface area contributed by atoms with Gasteiger partial charge < -0.3 is 14.7 Å². The molecule has 1 fully saturated rings. The Kier molecular flexibility index (Phi) is 4.74. The third-order valence-electron chi connectivity index (χ3n) is 4.58. The van der Waals surface area contributed by atoms with Gasteiger partial charge in [-0.15, -0.1) is 0 Å². The third-order valence-corrected chi connectivity index (χ3v) is 4.58. The van der Waals surface area contributed by atoms with Gasteiger partial charge in [-0.05, 0) is 44.7 Å². The van der Waals surface area contributed by atoms with E-state index in [9.17, 15) is 4.79 Å². The standard InChI is InChI=1S/C18H25N5O2/c1-12-7-9-23(10-8-12)15-6-5-14(11-19-15)16-20-17(22-25-16)18(3,4)21-13(2)24/h5-6,11-12H,7-10H2,1-4H3,(H,21,24). The molecule has 1 aliphatic rings. The van der Waals surface area contributed by atoms with Crippen molar-refractivity contribution in [2.75, 3.05) is 18.0 Å². The van der Waals surface area contributed by atoms with Crippen LogP contribution in [-0.2, 0) is 10.3 Å². The van der Waals surface area contributed by atoms with Gasteiger partial charge in [0.15, 0.2) is 5.82 Å². The van der Waals surface area contributed by atoms with Crippen LogP contribution in [0.2, 0.25) is 0 Å². The molecule has 0 saturated carbocycles. The van der Waals surface area contributed by atoms with E-state index in [1.807, 2.05) is 26.0 Å². The molecule has 0 aromatic carbocycles. The summed E-state index contributed by atoms with van der Waals surface area (Å²) in [6.45, 7) is 9.52. The fourth-order valence-corrected chi connectivity index (χ4v) is 3.03. The topological polar surface area (TPSA) is 84.2 Å². The Morgan fingerprint density at radius 3 is 2.64 bits per heavy atom. The highest BCUT2D eigenvalue weighted by molar-refractivity contribution is 5.73. The lowest BCUT2D eigenvalue weighted by Gasteiger charge is -2.31. The van der Waals surface area contributed by atoms with Crippen molar-refractivity contribution in [1.82, 2.24) is 20.4 Å². The maximum absolute atomic E-state index is 11.3. The zero-order valence-corrected chi connectivity index (χ0v) is 15.2. The fraction of sp³-hybridized carbons (Fsp3) is 0.556. The third kappa shape index (κ3) is 3.97. The first kappa shape index (κ1) is 17.4. The Morgan fingerprint density at radius 2 is 2.04 bits per heavy atom. The van der Waals surface area contributed by atoms with Crippen LogP contribution >= 0.6 is 0 Å². The molecule has 2 aromatic rings. The molecule has 7 heteroatoms. The lowest BCUT2D eigenvalue weighted by atomic mass is 9.99. The van der Waals surface area contributed by atoms with Gasteiger partial charge >= 0.3 is 0 Å². The van der Waals surface area contributed by atoms with Crippen LogP contribution in [0.4, 0.5) is 5.82 Å². The Labute approximate surface area is 147 Å². The molecule has 3 rings (SSSR count). The molecule has 1 saturated heterocycles. The summed E-state index contributed by atoms with van der Waals surface area (Å²) >= 11 is 0. The number of hydrogen-bond donors (Lipinski definition) is 1. The van der Waals surface area contributed by atoms with Gasteiger partial charge in [0.25, 0.3) is 5.89 Å². The van der Waals surface area contributed by atoms with Crippen molar-refractivity contribution in [2.24, 2.45) is 5.92 Å². The molecule has 1 aliphatic heterocycles. The monoisotopic (exact) mass is 343 g/mol. The number of piperidine rings is 1. The summed E-state index contributed by atoms with van der Waals surface area (Å²) < 4.78 is 5.35. The first-order chi connectivity index (χ1) is 11.8. The number of anilines is 1. The van der Waals surface area contributed by atoms with Crippen molar-refractivity contribution in [3.05, 3.63) is 24.2 Å². The zero-order chi connectivity index (χ0) is 18.0. The average Bonchev–Trinajstić information content (AvgIpc) is 3.06. The van der Waals surface area contributed by atoms with Crippen LogP contribution in [0.25, 0.3) is 11.5 Å². The van der Waals surface area contributed by atoms with Gasteiger partial charge in [0.05, 0.1) is 11.1 Å². The molecule has 2 aromatic heterocycles. The summed E-state index contributed by atoms with van der Waals surface area (Å²) in [7, 11) is 0. The first-order valence-corrected chi connectivity index (χ1v) is 8.69. The minimum absolute atomic E-state index is 0.141. The Balaban J connectivity index is 1.74. The normalized spacial score (nSPS) is 16.1. The second-order valence-corrected chi connectivity index (χ2v) is 7.30. The number of carbonyl (C=O) groups excluding carboxylic acids is 1. The maximum Gasteiger partial charge on any atom is 0.259 e. The summed E-state index contributed by atoms with van der Waals surface area (Å²) in [4.78, 5) is 22.6. The molecule has 7 nitrogen and oxygen atoms in total. The van der Waals surface area contributed by atoms with E-state index in [1.54, 1.807) is 6.20 Å². The Hall–Kier alpha value is -2.44. The number of hydrogen-bond acceptors (Lipinski definition) is 6. The molecular formula is C18H25N5O2. The number of carbonyl (C=O) groups is 1. The molecule has 0 radical (unpaired) electrons. The van der Waals surface area contributed by atoms with Crippen molar-refractivity contribution in [2.45, 2.75) is 46.1 Å². The Bertz CT molecular complexity index is 730. The van der Waals surface area contributed by atoms with Crippen LogP contribution in [0.3, 0.4) is 0 Å². The summed E-state index contributed by atoms with van der Waals surface area (Å²) in [5, 5.41) is 6.81. The average molecular weight is 343 g/mol. The van der Waals surface area contributed by atoms with Gasteiger partial charge in [0.1, 0.15) is 5.82 Å². The highest BCUT2D eigenvalue weighted by Crippen LogP contribution is 2.25. The molecule has 134 valence electrons. The van der Waals surface area contributed by atoms with Crippen molar-refractivity contribution in [3.8, 4) is 11.5 Å². The maximum atomic E-state index is 11.3. The molecule has 0 spiro atoms. The van der Waals surface area contributed by atoms with E-state index in [-0.39, 0.29) is 5.91 Å². The number of nitrogens with zero attached hydrogens (tertiary/aromatic N) is 4. The predicted molar refractivity (Wildman–Crippen MR) is 95.0 cm³/mol. The van der Waals surface area contributed by atoms with Gasteiger partial charge in [-0.3, -0.25) is 4.79 Å². The van der Waals surface area contributed by atoms with Crippen molar-refractivity contribution >= 4 is 11.7 Å². The number of nitrogens with one attached hydrogen (secondary N) is 1. The van der Waals surface area contributed by atoms with Crippen molar-refractivity contribution in [1.29, 1.82) is 0 Å². The first-order valence-electron chi connectivity index (χ1n) is 8.69. The minimum Gasteiger partial charge on any atom is -0.357 e. The summed E-state index contributed by atoms with van der Waals surface area (Å²) in [5.74, 6) is 2.47. The van der Waals surface area contributed by atoms with E-state index in [2.05, 4.69) is 32.3 Å². The molecule has 3 heterocycles. The summed E-state index contributed by atoms with van der Waals surface area (Å²) in [6.07, 6.45) is 4.17. The van der Waals surface area contributed by atoms with Crippen LogP contribution in [0.1, 0.15) is 46.4 Å². The largest absolute Gasteiger partial charge is 0.357 e. The van der Waals surface area contributed by atoms with Crippen LogP contribution in [0.5, 0.6) is 0 Å². The van der Waals surface area contributed by atoms with Gasteiger partial charge in [0, 0.05) is 26.2 Å². The molecule has 0 unspecified atom stereocenters. The smallest absolute Gasteiger partial charge is 0.259 e. The minimum atomic E-state index is -0.689. The second kappa shape index (κ2) is 6.82. The quantitative estimate of drug-likeness (QED) is 0.919. The van der Waals surface area contributed by atoms with Gasteiger partial charge in [-0.1, -0.05) is 12.1 Å². The SMILES string of the molecule is CC(=O)NC(C)(C)c1noc(-c2ccc(N3CCC(C)CC3)nc2)n1. The van der Waals surface area contributed by atoms with Crippen LogP contribution < -0.4 is 10.2 Å². The number of rotatable bonds is 4. The fourth-order valence-electron chi connectivity index (χ4n) is 3.03. The van der Waals surface area contributed by atoms with E-state index < -0.39 is 5.54 Å². The van der Waals surface area contributed by atoms with Crippen LogP contribution in [-0.4, -0.2) is 34.1 Å². The van der Waals surface area contributed by atoms with E-state index >= 15 is 0 Å². The lowest BCUT2D eigenvalue weighted by molar-refractivity contribution is -0.120. The van der Waals surface area contributed by atoms with Gasteiger partial charge in [-0.25, -0.2) is 4.98 Å². The van der Waals surface area contributed by atoms with Crippen molar-refractivity contribution in [3.63, 3.8) is 0 Å². The van der Waals surface area contributed by atoms with Gasteiger partial charge in [0.2, 0.25) is 5.91 Å². The molecule has 1 N–H and O–H groups in total. The second-order valence-electron chi connectivity index (χ2n) is 7.30. The molecule has 25 heavy (non-hydrogen) atoms. The molecule has 0 aliphatic carbocycles. The van der Waals surface area contributed by atoms with E-state index in [0.717, 1.165) is 30.4 Å². The number of pyridine rings is 1. The number of aromatic nitrogens is 3. The zero-order valence-electron chi connectivity index (χ0n) is 15.2. The lowest BCUT2D eigenvalue weighted by Crippen LogP contribution is -2.40. The highest BCUT2D eigenvalue weighted by Gasteiger charge is 2.28. The molecule has 0 atom stereocenters. The van der Waals surface area contributed by atoms with E-state index in [0.29, 0.717) is 11.7 Å². The molecule has 1 amide bonds. The van der Waals surface area contributed by atoms with Crippen LogP contribution in [0.15, 0.2) is 22.9 Å². The van der Waals surface area contributed by atoms with Crippen molar-refractivity contribution < 1.29 is 9.32 Å². The van der Waals surface area contributed by atoms with Gasteiger partial charge in [-0.2, -0.15) is 4.98 Å². The van der Waals surface area contributed by atoms with E-state index in [1.165, 1.54) is 19.8 Å².